The van der Waals surface area contributed by atoms with E-state index in [1.165, 1.54) is 0 Å². The van der Waals surface area contributed by atoms with E-state index in [0.717, 1.165) is 77.8 Å². The van der Waals surface area contributed by atoms with Crippen LogP contribution in [0.2, 0.25) is 0 Å². The van der Waals surface area contributed by atoms with Crippen molar-refractivity contribution in [3.63, 3.8) is 0 Å². The van der Waals surface area contributed by atoms with Gasteiger partial charge in [0.25, 0.3) is 5.91 Å². The minimum atomic E-state index is -0.0540. The lowest BCUT2D eigenvalue weighted by Crippen LogP contribution is -2.51. The van der Waals surface area contributed by atoms with Crippen molar-refractivity contribution in [3.05, 3.63) is 24.0 Å². The van der Waals surface area contributed by atoms with E-state index >= 15 is 0 Å². The zero-order valence-electron chi connectivity index (χ0n) is 17.4. The van der Waals surface area contributed by atoms with Gasteiger partial charge in [-0.15, -0.1) is 0 Å². The molecule has 0 spiro atoms. The van der Waals surface area contributed by atoms with E-state index < -0.39 is 0 Å². The van der Waals surface area contributed by atoms with E-state index in [4.69, 9.17) is 4.74 Å². The second kappa shape index (κ2) is 9.11. The first-order valence-corrected chi connectivity index (χ1v) is 11.0. The number of rotatable bonds is 4. The summed E-state index contributed by atoms with van der Waals surface area (Å²) < 4.78 is 5.30. The molecule has 7 nitrogen and oxygen atoms in total. The number of pyridine rings is 1. The van der Waals surface area contributed by atoms with Crippen molar-refractivity contribution in [2.75, 3.05) is 46.4 Å². The maximum Gasteiger partial charge on any atom is 0.276 e. The molecule has 158 valence electrons. The molecule has 3 saturated heterocycles. The van der Waals surface area contributed by atoms with Gasteiger partial charge in [-0.2, -0.15) is 0 Å². The maximum atomic E-state index is 12.9. The van der Waals surface area contributed by atoms with Crippen LogP contribution in [0.4, 0.5) is 0 Å². The molecule has 1 aromatic rings. The van der Waals surface area contributed by atoms with Crippen molar-refractivity contribution in [2.45, 2.75) is 44.6 Å². The monoisotopic (exact) mass is 400 g/mol. The fraction of sp³-hybridized carbons (Fsp3) is 0.682. The molecule has 1 aromatic heterocycles. The molecule has 0 N–H and O–H groups in total. The number of carbonyl (C=O) groups is 2. The number of ether oxygens (including phenoxy) is 1. The Bertz CT molecular complexity index is 727. The number of hydrogen-bond acceptors (Lipinski definition) is 5. The third-order valence-electron chi connectivity index (χ3n) is 6.68. The molecule has 29 heavy (non-hydrogen) atoms. The van der Waals surface area contributed by atoms with Gasteiger partial charge in [-0.1, -0.05) is 0 Å². The zero-order chi connectivity index (χ0) is 20.2. The standard InChI is InChI=1S/C22H32N4O3/c1-29-19-7-4-10-23-20(19)22(28)25-14-8-18(9-15-25)26-13-5-6-17(16-26)21(27)24-11-2-3-12-24/h4,7,10,17-18H,2-3,5-6,8-9,11-16H2,1H3/t17-/m1/s1. The number of likely N-dealkylation sites (tertiary alicyclic amines) is 3. The topological polar surface area (TPSA) is 66.0 Å². The number of amides is 2. The Morgan fingerprint density at radius 3 is 2.48 bits per heavy atom. The molecule has 0 bridgehead atoms. The number of methoxy groups -OCH3 is 1. The van der Waals surface area contributed by atoms with Crippen LogP contribution in [-0.4, -0.2) is 83.9 Å². The van der Waals surface area contributed by atoms with E-state index in [2.05, 4.69) is 14.8 Å². The molecule has 0 unspecified atom stereocenters. The summed E-state index contributed by atoms with van der Waals surface area (Å²) in [4.78, 5) is 36.4. The van der Waals surface area contributed by atoms with Gasteiger partial charge in [0, 0.05) is 45.0 Å². The number of piperidine rings is 2. The Labute approximate surface area is 173 Å². The highest BCUT2D eigenvalue weighted by atomic mass is 16.5. The van der Waals surface area contributed by atoms with E-state index in [1.54, 1.807) is 25.4 Å². The second-order valence-corrected chi connectivity index (χ2v) is 8.44. The van der Waals surface area contributed by atoms with Gasteiger partial charge in [-0.3, -0.25) is 14.5 Å². The van der Waals surface area contributed by atoms with Crippen LogP contribution in [0, 0.1) is 5.92 Å². The summed E-state index contributed by atoms with van der Waals surface area (Å²) in [5.41, 5.74) is 0.391. The summed E-state index contributed by atoms with van der Waals surface area (Å²) in [7, 11) is 1.57. The molecular formula is C22H32N4O3. The maximum absolute atomic E-state index is 12.9. The Kier molecular flexibility index (Phi) is 6.33. The van der Waals surface area contributed by atoms with Crippen LogP contribution in [0.3, 0.4) is 0 Å². The van der Waals surface area contributed by atoms with Crippen molar-refractivity contribution in [3.8, 4) is 5.75 Å². The van der Waals surface area contributed by atoms with Crippen molar-refractivity contribution in [1.82, 2.24) is 19.7 Å². The molecule has 3 aliphatic rings. The van der Waals surface area contributed by atoms with Crippen molar-refractivity contribution < 1.29 is 14.3 Å². The highest BCUT2D eigenvalue weighted by molar-refractivity contribution is 5.95. The predicted octanol–water partition coefficient (Wildman–Crippen LogP) is 2.03. The van der Waals surface area contributed by atoms with Crippen LogP contribution < -0.4 is 4.74 Å². The summed E-state index contributed by atoms with van der Waals surface area (Å²) >= 11 is 0. The lowest BCUT2D eigenvalue weighted by atomic mass is 9.93. The molecule has 7 heteroatoms. The minimum absolute atomic E-state index is 0.0540. The molecule has 0 aromatic carbocycles. The first kappa shape index (κ1) is 20.1. The van der Waals surface area contributed by atoms with Gasteiger partial charge in [-0.25, -0.2) is 4.98 Å². The van der Waals surface area contributed by atoms with E-state index in [1.807, 2.05) is 4.90 Å². The number of carbonyl (C=O) groups excluding carboxylic acids is 2. The van der Waals surface area contributed by atoms with Gasteiger partial charge >= 0.3 is 0 Å². The molecule has 3 fully saturated rings. The van der Waals surface area contributed by atoms with Crippen LogP contribution in [0.5, 0.6) is 5.75 Å². The molecule has 1 atom stereocenters. The fourth-order valence-corrected chi connectivity index (χ4v) is 5.04. The minimum Gasteiger partial charge on any atom is -0.494 e. The predicted molar refractivity (Wildman–Crippen MR) is 110 cm³/mol. The average Bonchev–Trinajstić information content (AvgIpc) is 3.33. The SMILES string of the molecule is COc1cccnc1C(=O)N1CCC(N2CCC[C@@H](C(=O)N3CCCC3)C2)CC1. The quantitative estimate of drug-likeness (QED) is 0.774. The van der Waals surface area contributed by atoms with Crippen molar-refractivity contribution in [1.29, 1.82) is 0 Å². The summed E-state index contributed by atoms with van der Waals surface area (Å²) in [6.45, 7) is 5.27. The van der Waals surface area contributed by atoms with Crippen LogP contribution >= 0.6 is 0 Å². The Balaban J connectivity index is 1.32. The van der Waals surface area contributed by atoms with E-state index in [9.17, 15) is 9.59 Å². The number of aromatic nitrogens is 1. The van der Waals surface area contributed by atoms with Gasteiger partial charge in [-0.05, 0) is 57.2 Å². The van der Waals surface area contributed by atoms with Gasteiger partial charge < -0.3 is 14.5 Å². The van der Waals surface area contributed by atoms with Gasteiger partial charge in [0.1, 0.15) is 5.75 Å². The molecular weight excluding hydrogens is 368 g/mol. The molecule has 3 aliphatic heterocycles. The summed E-state index contributed by atoms with van der Waals surface area (Å²) in [6, 6.07) is 4.01. The number of hydrogen-bond donors (Lipinski definition) is 0. The van der Waals surface area contributed by atoms with Crippen LogP contribution in [0.1, 0.15) is 49.0 Å². The Morgan fingerprint density at radius 1 is 1.00 bits per heavy atom. The Morgan fingerprint density at radius 2 is 1.76 bits per heavy atom. The van der Waals surface area contributed by atoms with E-state index in [0.29, 0.717) is 23.4 Å². The third kappa shape index (κ3) is 4.39. The highest BCUT2D eigenvalue weighted by Crippen LogP contribution is 2.27. The first-order valence-electron chi connectivity index (χ1n) is 11.0. The first-order chi connectivity index (χ1) is 14.2. The van der Waals surface area contributed by atoms with Crippen LogP contribution in [0.15, 0.2) is 18.3 Å². The average molecular weight is 401 g/mol. The molecule has 0 aliphatic carbocycles. The van der Waals surface area contributed by atoms with Gasteiger partial charge in [0.05, 0.1) is 13.0 Å². The van der Waals surface area contributed by atoms with Crippen LogP contribution in [-0.2, 0) is 4.79 Å². The normalized spacial score (nSPS) is 24.0. The molecule has 0 radical (unpaired) electrons. The third-order valence-corrected chi connectivity index (χ3v) is 6.68. The summed E-state index contributed by atoms with van der Waals surface area (Å²) in [5.74, 6) is 0.988. The number of nitrogens with zero attached hydrogens (tertiary/aromatic N) is 4. The Hall–Kier alpha value is -2.15. The van der Waals surface area contributed by atoms with Crippen molar-refractivity contribution >= 4 is 11.8 Å². The van der Waals surface area contributed by atoms with Gasteiger partial charge in [0.2, 0.25) is 5.91 Å². The van der Waals surface area contributed by atoms with Crippen LogP contribution in [0.25, 0.3) is 0 Å². The molecule has 2 amide bonds. The smallest absolute Gasteiger partial charge is 0.276 e. The second-order valence-electron chi connectivity index (χ2n) is 8.44. The summed E-state index contributed by atoms with van der Waals surface area (Å²) in [6.07, 6.45) is 7.94. The van der Waals surface area contributed by atoms with E-state index in [-0.39, 0.29) is 11.8 Å². The zero-order valence-corrected chi connectivity index (χ0v) is 17.4. The lowest BCUT2D eigenvalue weighted by molar-refractivity contribution is -0.136. The molecule has 4 heterocycles. The molecule has 4 rings (SSSR count). The van der Waals surface area contributed by atoms with Crippen molar-refractivity contribution in [2.24, 2.45) is 5.92 Å². The van der Waals surface area contributed by atoms with Gasteiger partial charge in [0.15, 0.2) is 5.69 Å². The fourth-order valence-electron chi connectivity index (χ4n) is 5.04. The lowest BCUT2D eigenvalue weighted by Gasteiger charge is -2.42. The largest absolute Gasteiger partial charge is 0.494 e. The highest BCUT2D eigenvalue weighted by Gasteiger charge is 2.35. The summed E-state index contributed by atoms with van der Waals surface area (Å²) in [5, 5.41) is 0. The molecule has 0 saturated carbocycles.